The third-order valence-corrected chi connectivity index (χ3v) is 14.3. The van der Waals surface area contributed by atoms with Gasteiger partial charge in [-0.15, -0.1) is 0 Å². The number of hydrogen-bond donors (Lipinski definition) is 1. The zero-order valence-electron chi connectivity index (χ0n) is 36.5. The Kier molecular flexibility index (Phi) is 13.0. The average molecular weight is 873 g/mol. The number of fused-ring (bicyclic) bond motifs is 1. The minimum Gasteiger partial charge on any atom is -0.488 e. The Bertz CT molecular complexity index is 1990. The van der Waals surface area contributed by atoms with Crippen LogP contribution in [0.25, 0.3) is 0 Å². The summed E-state index contributed by atoms with van der Waals surface area (Å²) in [4.78, 5) is 16.4. The molecule has 3 aliphatic carbocycles. The van der Waals surface area contributed by atoms with Crippen LogP contribution >= 0.6 is 0 Å². The number of hydrogen-bond acceptors (Lipinski definition) is 8. The molecule has 8 rings (SSSR count). The van der Waals surface area contributed by atoms with Crippen LogP contribution in [0.3, 0.4) is 0 Å². The van der Waals surface area contributed by atoms with E-state index in [0.717, 1.165) is 43.0 Å². The van der Waals surface area contributed by atoms with E-state index in [9.17, 15) is 27.1 Å². The summed E-state index contributed by atoms with van der Waals surface area (Å²) in [6.45, 7) is 10.2. The maximum Gasteiger partial charge on any atom is 0.416 e. The topological polar surface area (TPSA) is 89.8 Å². The Hall–Kier alpha value is -3.49. The van der Waals surface area contributed by atoms with E-state index in [0.29, 0.717) is 92.1 Å². The summed E-state index contributed by atoms with van der Waals surface area (Å²) in [5, 5.41) is 11.7. The number of rotatable bonds is 13. The van der Waals surface area contributed by atoms with Crippen molar-refractivity contribution in [1.29, 1.82) is 0 Å². The minimum absolute atomic E-state index is 0.0206. The number of nitrogens with zero attached hydrogens (tertiary/aromatic N) is 4. The zero-order valence-corrected chi connectivity index (χ0v) is 36.5. The number of aliphatic hydroxyl groups excluding tert-OH is 1. The van der Waals surface area contributed by atoms with Crippen molar-refractivity contribution in [2.75, 3.05) is 31.2 Å². The van der Waals surface area contributed by atoms with Crippen LogP contribution in [-0.4, -0.2) is 64.2 Å². The number of piperidine rings is 1. The molecule has 1 aromatic carbocycles. The van der Waals surface area contributed by atoms with Gasteiger partial charge in [-0.05, 0) is 105 Å². The molecule has 0 amide bonds. The fourth-order valence-electron chi connectivity index (χ4n) is 10.6. The number of aliphatic hydroxyl groups is 1. The Morgan fingerprint density at radius 3 is 2.24 bits per heavy atom. The molecule has 4 heterocycles. The molecule has 340 valence electrons. The number of ether oxygens (including phenoxy) is 3. The lowest BCUT2D eigenvalue weighted by atomic mass is 9.68. The Labute approximate surface area is 361 Å². The molecule has 5 aliphatic rings. The maximum atomic E-state index is 17.4. The quantitative estimate of drug-likeness (QED) is 0.170. The van der Waals surface area contributed by atoms with E-state index in [1.165, 1.54) is 25.7 Å². The van der Waals surface area contributed by atoms with Gasteiger partial charge in [0.15, 0.2) is 17.7 Å². The highest BCUT2D eigenvalue weighted by molar-refractivity contribution is 5.51. The minimum atomic E-state index is -4.60. The fraction of sp³-hybridized carbons (Fsp3) is 0.688. The molecule has 2 aliphatic heterocycles. The summed E-state index contributed by atoms with van der Waals surface area (Å²) in [5.41, 5.74) is 1.19. The molecule has 5 atom stereocenters. The largest absolute Gasteiger partial charge is 0.488 e. The van der Waals surface area contributed by atoms with E-state index < -0.39 is 41.6 Å². The van der Waals surface area contributed by atoms with Gasteiger partial charge >= 0.3 is 6.18 Å². The van der Waals surface area contributed by atoms with Crippen molar-refractivity contribution in [1.82, 2.24) is 15.0 Å². The summed E-state index contributed by atoms with van der Waals surface area (Å²) in [7, 11) is 0. The summed E-state index contributed by atoms with van der Waals surface area (Å²) in [6, 6.07) is 4.03. The summed E-state index contributed by atoms with van der Waals surface area (Å²) in [6.07, 6.45) is 4.30. The molecule has 14 heteroatoms. The summed E-state index contributed by atoms with van der Waals surface area (Å²) >= 11 is 0. The first-order chi connectivity index (χ1) is 29.4. The van der Waals surface area contributed by atoms with Gasteiger partial charge in [0.25, 0.3) is 0 Å². The number of aromatic nitrogens is 3. The molecule has 8 nitrogen and oxygen atoms in total. The second-order valence-corrected chi connectivity index (χ2v) is 20.0. The van der Waals surface area contributed by atoms with E-state index in [4.69, 9.17) is 19.2 Å². The van der Waals surface area contributed by atoms with Crippen molar-refractivity contribution in [3.63, 3.8) is 0 Å². The molecule has 0 radical (unpaired) electrons. The van der Waals surface area contributed by atoms with Crippen molar-refractivity contribution in [3.8, 4) is 5.75 Å². The van der Waals surface area contributed by atoms with Gasteiger partial charge < -0.3 is 24.2 Å². The monoisotopic (exact) mass is 872 g/mol. The third kappa shape index (κ3) is 10.2. The van der Waals surface area contributed by atoms with Gasteiger partial charge in [0, 0.05) is 55.1 Å². The molecular weight excluding hydrogens is 811 g/mol. The highest BCUT2D eigenvalue weighted by Crippen LogP contribution is 2.52. The molecule has 4 fully saturated rings. The van der Waals surface area contributed by atoms with Crippen LogP contribution in [0.15, 0.2) is 36.7 Å². The first kappa shape index (κ1) is 45.1. The van der Waals surface area contributed by atoms with Gasteiger partial charge in [-0.3, -0.25) is 4.98 Å². The van der Waals surface area contributed by atoms with Gasteiger partial charge in [-0.25, -0.2) is 23.1 Å². The third-order valence-electron chi connectivity index (χ3n) is 14.3. The van der Waals surface area contributed by atoms with Crippen LogP contribution in [0, 0.1) is 17.3 Å². The van der Waals surface area contributed by atoms with Gasteiger partial charge in [0.2, 0.25) is 11.9 Å². The molecule has 5 unspecified atom stereocenters. The Morgan fingerprint density at radius 1 is 0.935 bits per heavy atom. The summed E-state index contributed by atoms with van der Waals surface area (Å²) < 4.78 is 106. The van der Waals surface area contributed by atoms with Crippen LogP contribution in [-0.2, 0) is 22.1 Å². The van der Waals surface area contributed by atoms with Crippen LogP contribution in [0.1, 0.15) is 174 Å². The van der Waals surface area contributed by atoms with Crippen molar-refractivity contribution < 1.29 is 45.7 Å². The number of benzene rings is 1. The highest BCUT2D eigenvalue weighted by atomic mass is 19.4. The summed E-state index contributed by atoms with van der Waals surface area (Å²) in [5.74, 6) is -1.64. The van der Waals surface area contributed by atoms with Gasteiger partial charge in [0.1, 0.15) is 12.7 Å². The fourth-order valence-corrected chi connectivity index (χ4v) is 10.6. The van der Waals surface area contributed by atoms with Crippen LogP contribution in [0.2, 0.25) is 0 Å². The number of anilines is 1. The van der Waals surface area contributed by atoms with Gasteiger partial charge in [-0.2, -0.15) is 13.2 Å². The lowest BCUT2D eigenvalue weighted by Crippen LogP contribution is -2.36. The van der Waals surface area contributed by atoms with Crippen LogP contribution in [0.5, 0.6) is 5.75 Å². The molecule has 62 heavy (non-hydrogen) atoms. The lowest BCUT2D eigenvalue weighted by molar-refractivity contribution is -0.163. The smallest absolute Gasteiger partial charge is 0.416 e. The van der Waals surface area contributed by atoms with Gasteiger partial charge in [-0.1, -0.05) is 52.2 Å². The van der Waals surface area contributed by atoms with Crippen molar-refractivity contribution in [3.05, 3.63) is 75.9 Å². The Balaban J connectivity index is 0.980. The van der Waals surface area contributed by atoms with Crippen molar-refractivity contribution >= 4 is 5.95 Å². The SMILES string of the molecule is CC(CCC1(C)OCC(COc2cnc(N3CCC(c4nc5c(c(C6CCC(F)(F)CC6)c4C(F)c4ccc(C(F)(F)F)cc4)C(O)CC(C)(C)C5)CC3)nc2)O1)CC1CCC1. The first-order valence-corrected chi connectivity index (χ1v) is 22.8. The molecule has 0 bridgehead atoms. The lowest BCUT2D eigenvalue weighted by Gasteiger charge is -2.41. The van der Waals surface area contributed by atoms with Crippen molar-refractivity contribution in [2.24, 2.45) is 17.3 Å². The van der Waals surface area contributed by atoms with E-state index in [-0.39, 0.29) is 54.2 Å². The molecule has 2 saturated carbocycles. The van der Waals surface area contributed by atoms with Gasteiger partial charge in [0.05, 0.1) is 36.4 Å². The number of halogens is 6. The highest BCUT2D eigenvalue weighted by Gasteiger charge is 2.44. The molecule has 0 spiro atoms. The van der Waals surface area contributed by atoms with Crippen LogP contribution < -0.4 is 9.64 Å². The van der Waals surface area contributed by atoms with E-state index >= 15 is 4.39 Å². The molecule has 3 aromatic rings. The van der Waals surface area contributed by atoms with Crippen molar-refractivity contribution in [2.45, 2.75) is 166 Å². The molecule has 1 N–H and O–H groups in total. The Morgan fingerprint density at radius 2 is 1.61 bits per heavy atom. The van der Waals surface area contributed by atoms with E-state index in [1.807, 2.05) is 25.7 Å². The first-order valence-electron chi connectivity index (χ1n) is 22.8. The second kappa shape index (κ2) is 17.8. The van der Waals surface area contributed by atoms with E-state index in [2.05, 4.69) is 16.9 Å². The molecular formula is C48H62F6N4O4. The van der Waals surface area contributed by atoms with E-state index in [1.54, 1.807) is 12.4 Å². The predicted octanol–water partition coefficient (Wildman–Crippen LogP) is 11.7. The molecule has 2 saturated heterocycles. The molecule has 2 aromatic heterocycles. The maximum absolute atomic E-state index is 17.4. The number of alkyl halides is 6. The standard InChI is InChI=1S/C48H62F6N4O4/c1-29(22-30-6-5-7-30)12-17-46(4)61-28-36(62-46)27-60-35-25-55-44(56-26-35)58-20-15-33(16-21-58)43-41(42(49)32-8-10-34(11-9-32)48(52,53)54)39(31-13-18-47(50,51)19-14-31)40-37(57-43)23-45(2,3)24-38(40)59/h8-11,25-26,29-31,33,36,38,42,59H,5-7,12-24,27-28H2,1-4H3. The average Bonchev–Trinajstić information content (AvgIpc) is 3.60. The number of pyridine rings is 1. The zero-order chi connectivity index (χ0) is 44.0. The predicted molar refractivity (Wildman–Crippen MR) is 223 cm³/mol. The normalized spacial score (nSPS) is 26.8. The van der Waals surface area contributed by atoms with Crippen LogP contribution in [0.4, 0.5) is 32.3 Å². The second-order valence-electron chi connectivity index (χ2n) is 20.0.